The molecule has 2 aliphatic rings. The summed E-state index contributed by atoms with van der Waals surface area (Å²) in [5.74, 6) is -1.07. The predicted molar refractivity (Wildman–Crippen MR) is 91.4 cm³/mol. The molecule has 1 saturated heterocycles. The lowest BCUT2D eigenvalue weighted by Crippen LogP contribution is -2.47. The Morgan fingerprint density at radius 2 is 2.12 bits per heavy atom. The molecule has 1 aliphatic heterocycles. The Morgan fingerprint density at radius 1 is 1.38 bits per heavy atom. The van der Waals surface area contributed by atoms with Crippen molar-refractivity contribution in [1.29, 1.82) is 0 Å². The van der Waals surface area contributed by atoms with E-state index in [2.05, 4.69) is 0 Å². The van der Waals surface area contributed by atoms with Crippen molar-refractivity contribution in [1.82, 2.24) is 4.90 Å². The molecule has 1 aromatic carbocycles. The monoisotopic (exact) mass is 383 g/mol. The van der Waals surface area contributed by atoms with Crippen molar-refractivity contribution in [2.24, 2.45) is 0 Å². The van der Waals surface area contributed by atoms with Gasteiger partial charge in [-0.3, -0.25) is 4.79 Å². The second-order valence-electron chi connectivity index (χ2n) is 6.41. The first-order valence-corrected chi connectivity index (χ1v) is 8.90. The third-order valence-electron chi connectivity index (χ3n) is 4.52. The summed E-state index contributed by atoms with van der Waals surface area (Å²) < 4.78 is 39.0. The van der Waals surface area contributed by atoms with E-state index in [4.69, 9.17) is 5.11 Å². The van der Waals surface area contributed by atoms with E-state index in [0.717, 1.165) is 12.1 Å². The normalized spacial score (nSPS) is 26.2. The molecule has 1 amide bonds. The number of alkyl halides is 3. The zero-order chi connectivity index (χ0) is 19.1. The van der Waals surface area contributed by atoms with Crippen LogP contribution in [0.25, 0.3) is 0 Å². The molecule has 0 saturated carbocycles. The minimum atomic E-state index is -4.46. The summed E-state index contributed by atoms with van der Waals surface area (Å²) in [5.41, 5.74) is -1.01. The first kappa shape index (κ1) is 18.6. The van der Waals surface area contributed by atoms with E-state index in [1.807, 2.05) is 0 Å². The summed E-state index contributed by atoms with van der Waals surface area (Å²) in [5, 5.41) is 8.50. The van der Waals surface area contributed by atoms with Gasteiger partial charge in [0.2, 0.25) is 5.91 Å². The molecule has 2 atom stereocenters. The molecular weight excluding hydrogens is 367 g/mol. The Labute approximate surface area is 152 Å². The van der Waals surface area contributed by atoms with Crippen LogP contribution in [0.2, 0.25) is 0 Å². The van der Waals surface area contributed by atoms with Gasteiger partial charge in [0.05, 0.1) is 22.4 Å². The summed E-state index contributed by atoms with van der Waals surface area (Å²) in [6.45, 7) is 1.78. The zero-order valence-corrected chi connectivity index (χ0v) is 14.6. The lowest BCUT2D eigenvalue weighted by molar-refractivity contribution is -0.137. The highest BCUT2D eigenvalue weighted by Crippen LogP contribution is 2.46. The maximum Gasteiger partial charge on any atom is 0.416 e. The van der Waals surface area contributed by atoms with Crippen molar-refractivity contribution >= 4 is 23.6 Å². The Bertz CT molecular complexity index is 818. The number of carbonyl (C=O) groups is 2. The van der Waals surface area contributed by atoms with Crippen molar-refractivity contribution < 1.29 is 27.9 Å². The van der Waals surface area contributed by atoms with Gasteiger partial charge in [0.15, 0.2) is 0 Å². The van der Waals surface area contributed by atoms with E-state index in [9.17, 15) is 22.8 Å². The highest BCUT2D eigenvalue weighted by atomic mass is 32.2. The second kappa shape index (κ2) is 6.50. The van der Waals surface area contributed by atoms with Crippen LogP contribution in [-0.2, 0) is 15.8 Å². The van der Waals surface area contributed by atoms with Crippen LogP contribution in [0.15, 0.2) is 48.1 Å². The van der Waals surface area contributed by atoms with Gasteiger partial charge in [-0.15, -0.1) is 11.8 Å². The minimum Gasteiger partial charge on any atom is -0.478 e. The van der Waals surface area contributed by atoms with Crippen LogP contribution in [0.5, 0.6) is 0 Å². The van der Waals surface area contributed by atoms with E-state index in [0.29, 0.717) is 5.56 Å². The molecule has 0 aromatic heterocycles. The Morgan fingerprint density at radius 3 is 2.69 bits per heavy atom. The molecule has 0 bridgehead atoms. The molecule has 2 unspecified atom stereocenters. The van der Waals surface area contributed by atoms with Gasteiger partial charge in [0.25, 0.3) is 0 Å². The summed E-state index contributed by atoms with van der Waals surface area (Å²) >= 11 is 1.27. The molecule has 4 nitrogen and oxygen atoms in total. The van der Waals surface area contributed by atoms with Gasteiger partial charge in [-0.2, -0.15) is 13.2 Å². The predicted octanol–water partition coefficient (Wildman–Crippen LogP) is 4.01. The maximum absolute atomic E-state index is 13.0. The topological polar surface area (TPSA) is 57.6 Å². The first-order chi connectivity index (χ1) is 12.1. The first-order valence-electron chi connectivity index (χ1n) is 7.85. The van der Waals surface area contributed by atoms with Crippen molar-refractivity contribution in [2.75, 3.05) is 5.75 Å². The van der Waals surface area contributed by atoms with Crippen LogP contribution in [0, 0.1) is 0 Å². The molecule has 0 spiro atoms. The smallest absolute Gasteiger partial charge is 0.416 e. The van der Waals surface area contributed by atoms with Gasteiger partial charge in [-0.25, -0.2) is 4.79 Å². The number of rotatable bonds is 3. The standard InChI is InChI=1S/C18H16F3NO3S/c1-17(7-5-11(6-8-17)16(24)25)22-14(23)10-26-15(22)12-3-2-4-13(9-12)18(19,20)21/h2-7,9,15H,8,10H2,1H3,(H,24,25). The van der Waals surface area contributed by atoms with Crippen LogP contribution < -0.4 is 0 Å². The van der Waals surface area contributed by atoms with Crippen LogP contribution in [0.1, 0.15) is 29.8 Å². The number of nitrogens with zero attached hydrogens (tertiary/aromatic N) is 1. The molecule has 1 fully saturated rings. The van der Waals surface area contributed by atoms with Gasteiger partial charge in [-0.1, -0.05) is 24.3 Å². The summed E-state index contributed by atoms with van der Waals surface area (Å²) in [4.78, 5) is 25.1. The Kier molecular flexibility index (Phi) is 4.64. The molecule has 8 heteroatoms. The van der Waals surface area contributed by atoms with Crippen molar-refractivity contribution in [3.8, 4) is 0 Å². The Hall–Kier alpha value is -2.22. The lowest BCUT2D eigenvalue weighted by atomic mass is 9.88. The van der Waals surface area contributed by atoms with E-state index in [-0.39, 0.29) is 23.7 Å². The molecule has 138 valence electrons. The molecule has 1 heterocycles. The molecule has 1 aromatic rings. The quantitative estimate of drug-likeness (QED) is 0.857. The van der Waals surface area contributed by atoms with Crippen molar-refractivity contribution in [3.05, 3.63) is 59.2 Å². The zero-order valence-electron chi connectivity index (χ0n) is 13.8. The van der Waals surface area contributed by atoms with E-state index < -0.39 is 28.6 Å². The maximum atomic E-state index is 13.0. The highest BCUT2D eigenvalue weighted by molar-refractivity contribution is 8.00. The number of halogens is 3. The van der Waals surface area contributed by atoms with Gasteiger partial charge in [0.1, 0.15) is 5.37 Å². The Balaban J connectivity index is 1.94. The van der Waals surface area contributed by atoms with Gasteiger partial charge in [0, 0.05) is 0 Å². The van der Waals surface area contributed by atoms with Crippen LogP contribution >= 0.6 is 11.8 Å². The lowest BCUT2D eigenvalue weighted by Gasteiger charge is -2.41. The molecular formula is C18H16F3NO3S. The second-order valence-corrected chi connectivity index (χ2v) is 7.48. The average molecular weight is 383 g/mol. The van der Waals surface area contributed by atoms with E-state index >= 15 is 0 Å². The molecule has 26 heavy (non-hydrogen) atoms. The number of aliphatic carboxylic acids is 1. The van der Waals surface area contributed by atoms with Crippen LogP contribution in [-0.4, -0.2) is 33.2 Å². The van der Waals surface area contributed by atoms with Gasteiger partial charge >= 0.3 is 12.1 Å². The summed E-state index contributed by atoms with van der Waals surface area (Å²) in [6.07, 6.45) is 0.433. The fourth-order valence-electron chi connectivity index (χ4n) is 3.15. The van der Waals surface area contributed by atoms with E-state index in [1.54, 1.807) is 24.0 Å². The molecule has 1 aliphatic carbocycles. The number of amides is 1. The van der Waals surface area contributed by atoms with Gasteiger partial charge in [-0.05, 0) is 37.1 Å². The summed E-state index contributed by atoms with van der Waals surface area (Å²) in [6, 6.07) is 4.98. The number of carboxylic acid groups (broad SMARTS) is 1. The fourth-order valence-corrected chi connectivity index (χ4v) is 4.44. The van der Waals surface area contributed by atoms with Crippen molar-refractivity contribution in [3.63, 3.8) is 0 Å². The van der Waals surface area contributed by atoms with Crippen LogP contribution in [0.4, 0.5) is 13.2 Å². The number of carboxylic acids is 1. The van der Waals surface area contributed by atoms with Crippen molar-refractivity contribution in [2.45, 2.75) is 30.4 Å². The number of carbonyl (C=O) groups excluding carboxylic acids is 1. The number of hydrogen-bond donors (Lipinski definition) is 1. The molecule has 1 N–H and O–H groups in total. The SMILES string of the molecule is CC1(N2C(=O)CSC2c2cccc(C(F)(F)F)c2)C=CC(C(=O)O)=CC1. The molecule has 0 radical (unpaired) electrons. The number of benzene rings is 1. The van der Waals surface area contributed by atoms with E-state index in [1.165, 1.54) is 30.0 Å². The number of thioether (sulfide) groups is 1. The third kappa shape index (κ3) is 3.38. The largest absolute Gasteiger partial charge is 0.478 e. The minimum absolute atomic E-state index is 0.136. The van der Waals surface area contributed by atoms with Crippen LogP contribution in [0.3, 0.4) is 0 Å². The average Bonchev–Trinajstić information content (AvgIpc) is 2.97. The summed E-state index contributed by atoms with van der Waals surface area (Å²) in [7, 11) is 0. The molecule has 3 rings (SSSR count). The highest BCUT2D eigenvalue weighted by Gasteiger charge is 2.44. The fraction of sp³-hybridized carbons (Fsp3) is 0.333. The van der Waals surface area contributed by atoms with Gasteiger partial charge < -0.3 is 10.0 Å². The third-order valence-corrected chi connectivity index (χ3v) is 5.73. The number of hydrogen-bond acceptors (Lipinski definition) is 3.